The summed E-state index contributed by atoms with van der Waals surface area (Å²) in [6.07, 6.45) is 2.90. The van der Waals surface area contributed by atoms with Gasteiger partial charge in [-0.15, -0.1) is 0 Å². The summed E-state index contributed by atoms with van der Waals surface area (Å²) in [7, 11) is -7.99. The van der Waals surface area contributed by atoms with E-state index < -0.39 is 32.5 Å². The fourth-order valence-electron chi connectivity index (χ4n) is 3.56. The summed E-state index contributed by atoms with van der Waals surface area (Å²) >= 11 is 6.15. The van der Waals surface area contributed by atoms with Crippen LogP contribution in [-0.2, 0) is 24.8 Å². The molecule has 0 aliphatic rings. The Bertz CT molecular complexity index is 1650. The normalized spacial score (nSPS) is 11.5. The van der Waals surface area contributed by atoms with E-state index in [0.29, 0.717) is 16.3 Å². The lowest BCUT2D eigenvalue weighted by molar-refractivity contribution is -0.114. The van der Waals surface area contributed by atoms with E-state index in [0.717, 1.165) is 4.31 Å². The van der Waals surface area contributed by atoms with E-state index in [1.54, 1.807) is 49.4 Å². The van der Waals surface area contributed by atoms with Crippen LogP contribution < -0.4 is 14.3 Å². The Morgan fingerprint density at radius 3 is 2.24 bits per heavy atom. The molecule has 1 amide bonds. The zero-order chi connectivity index (χ0) is 27.3. The summed E-state index contributed by atoms with van der Waals surface area (Å²) in [6.45, 7) is 1.18. The molecule has 0 saturated heterocycles. The molecule has 0 aliphatic carbocycles. The van der Waals surface area contributed by atoms with E-state index in [1.807, 2.05) is 0 Å². The predicted octanol–water partition coefficient (Wildman–Crippen LogP) is 4.68. The van der Waals surface area contributed by atoms with Crippen molar-refractivity contribution in [3.8, 4) is 0 Å². The molecular formula is C26H23ClN4O5S2. The van der Waals surface area contributed by atoms with E-state index in [4.69, 9.17) is 11.6 Å². The van der Waals surface area contributed by atoms with Crippen molar-refractivity contribution in [1.82, 2.24) is 4.98 Å². The van der Waals surface area contributed by atoms with Crippen LogP contribution in [0.1, 0.15) is 5.56 Å². The second-order valence-electron chi connectivity index (χ2n) is 8.18. The Balaban J connectivity index is 1.56. The predicted molar refractivity (Wildman–Crippen MR) is 147 cm³/mol. The molecule has 3 aromatic carbocycles. The fourth-order valence-corrected chi connectivity index (χ4v) is 6.26. The maximum absolute atomic E-state index is 13.5. The summed E-state index contributed by atoms with van der Waals surface area (Å²) < 4.78 is 55.7. The molecule has 1 heterocycles. The second-order valence-corrected chi connectivity index (χ2v) is 12.2. The molecular weight excluding hydrogens is 548 g/mol. The molecule has 38 heavy (non-hydrogen) atoms. The van der Waals surface area contributed by atoms with E-state index in [9.17, 15) is 21.6 Å². The lowest BCUT2D eigenvalue weighted by Crippen LogP contribution is -2.38. The number of sulfonamides is 2. The van der Waals surface area contributed by atoms with Crippen molar-refractivity contribution < 1.29 is 21.6 Å². The van der Waals surface area contributed by atoms with Gasteiger partial charge in [-0.2, -0.15) is 0 Å². The van der Waals surface area contributed by atoms with Crippen LogP contribution in [0.15, 0.2) is 107 Å². The van der Waals surface area contributed by atoms with Crippen molar-refractivity contribution in [2.24, 2.45) is 0 Å². The summed E-state index contributed by atoms with van der Waals surface area (Å²) in [5.41, 5.74) is 1.47. The van der Waals surface area contributed by atoms with E-state index in [-0.39, 0.29) is 21.2 Å². The molecule has 0 aliphatic heterocycles. The number of carbonyl (C=O) groups excluding carboxylic acids is 1. The Hall–Kier alpha value is -3.93. The Morgan fingerprint density at radius 1 is 0.868 bits per heavy atom. The van der Waals surface area contributed by atoms with E-state index in [2.05, 4.69) is 15.0 Å². The molecule has 9 nitrogen and oxygen atoms in total. The first-order valence-corrected chi connectivity index (χ1v) is 14.5. The number of amides is 1. The average Bonchev–Trinajstić information content (AvgIpc) is 2.90. The maximum atomic E-state index is 13.5. The van der Waals surface area contributed by atoms with Crippen molar-refractivity contribution in [3.05, 3.63) is 108 Å². The van der Waals surface area contributed by atoms with Gasteiger partial charge in [0.1, 0.15) is 6.54 Å². The molecule has 196 valence electrons. The number of hydrogen-bond donors (Lipinski definition) is 2. The third kappa shape index (κ3) is 6.31. The molecule has 0 spiro atoms. The minimum Gasteiger partial charge on any atom is -0.325 e. The third-order valence-electron chi connectivity index (χ3n) is 5.42. The maximum Gasteiger partial charge on any atom is 0.264 e. The van der Waals surface area contributed by atoms with Crippen LogP contribution in [-0.4, -0.2) is 34.3 Å². The smallest absolute Gasteiger partial charge is 0.264 e. The van der Waals surface area contributed by atoms with Gasteiger partial charge < -0.3 is 5.32 Å². The van der Waals surface area contributed by atoms with Crippen molar-refractivity contribution in [1.29, 1.82) is 0 Å². The van der Waals surface area contributed by atoms with E-state index >= 15 is 0 Å². The molecule has 0 fully saturated rings. The quantitative estimate of drug-likeness (QED) is 0.301. The van der Waals surface area contributed by atoms with Crippen molar-refractivity contribution in [2.75, 3.05) is 20.9 Å². The third-order valence-corrected chi connectivity index (χ3v) is 8.83. The highest BCUT2D eigenvalue weighted by molar-refractivity contribution is 7.93. The van der Waals surface area contributed by atoms with Crippen LogP contribution in [0.4, 0.5) is 17.1 Å². The molecule has 0 radical (unpaired) electrons. The summed E-state index contributed by atoms with van der Waals surface area (Å²) in [5, 5.41) is 2.94. The highest BCUT2D eigenvalue weighted by Crippen LogP contribution is 2.29. The monoisotopic (exact) mass is 570 g/mol. The highest BCUT2D eigenvalue weighted by Gasteiger charge is 2.28. The van der Waals surface area contributed by atoms with Crippen LogP contribution in [0.2, 0.25) is 5.02 Å². The number of anilines is 3. The molecule has 0 saturated carbocycles. The fraction of sp³-hybridized carbons (Fsp3) is 0.0769. The van der Waals surface area contributed by atoms with Crippen molar-refractivity contribution >= 4 is 54.6 Å². The summed E-state index contributed by atoms with van der Waals surface area (Å²) in [4.78, 5) is 16.9. The van der Waals surface area contributed by atoms with Crippen molar-refractivity contribution in [3.63, 3.8) is 0 Å². The Kier molecular flexibility index (Phi) is 8.00. The van der Waals surface area contributed by atoms with Crippen LogP contribution in [0.3, 0.4) is 0 Å². The number of benzene rings is 3. The molecule has 0 atom stereocenters. The number of aromatic nitrogens is 1. The molecule has 1 aromatic heterocycles. The van der Waals surface area contributed by atoms with Crippen LogP contribution in [0.5, 0.6) is 0 Å². The van der Waals surface area contributed by atoms with Gasteiger partial charge >= 0.3 is 0 Å². The first kappa shape index (κ1) is 27.1. The average molecular weight is 571 g/mol. The number of rotatable bonds is 9. The van der Waals surface area contributed by atoms with Crippen LogP contribution in [0.25, 0.3) is 0 Å². The molecule has 2 N–H and O–H groups in total. The lowest BCUT2D eigenvalue weighted by atomic mass is 10.2. The topological polar surface area (TPSA) is 126 Å². The minimum absolute atomic E-state index is 0.0165. The Labute approximate surface area is 226 Å². The SMILES string of the molecule is Cc1ccc(Cl)cc1N(CC(=O)Nc1ccc(S(=O)(=O)Nc2cccnc2)cc1)S(=O)(=O)c1ccccc1. The molecule has 12 heteroatoms. The second kappa shape index (κ2) is 11.2. The van der Waals surface area contributed by atoms with Gasteiger partial charge in [0.25, 0.3) is 20.0 Å². The van der Waals surface area contributed by atoms with Crippen LogP contribution in [0, 0.1) is 6.92 Å². The standard InChI is InChI=1S/C26H23ClN4O5S2/c1-19-9-10-20(27)16-25(19)31(38(35,36)24-7-3-2-4-8-24)18-26(32)29-21-11-13-23(14-12-21)37(33,34)30-22-6-5-15-28-17-22/h2-17,30H,18H2,1H3,(H,29,32). The number of aryl methyl sites for hydroxylation is 1. The van der Waals surface area contributed by atoms with Gasteiger partial charge in [0.05, 0.1) is 27.4 Å². The molecule has 4 aromatic rings. The van der Waals surface area contributed by atoms with Gasteiger partial charge in [-0.1, -0.05) is 35.9 Å². The zero-order valence-electron chi connectivity index (χ0n) is 20.1. The summed E-state index contributed by atoms with van der Waals surface area (Å²) in [5.74, 6) is -0.632. The van der Waals surface area contributed by atoms with Gasteiger partial charge in [-0.25, -0.2) is 16.8 Å². The number of carbonyl (C=O) groups is 1. The van der Waals surface area contributed by atoms with E-state index in [1.165, 1.54) is 54.9 Å². The number of pyridine rings is 1. The van der Waals surface area contributed by atoms with Gasteiger partial charge in [0, 0.05) is 16.9 Å². The number of halogens is 1. The number of nitrogens with one attached hydrogen (secondary N) is 2. The molecule has 4 rings (SSSR count). The van der Waals surface area contributed by atoms with Gasteiger partial charge in [-0.05, 0) is 73.2 Å². The Morgan fingerprint density at radius 2 is 1.58 bits per heavy atom. The number of nitrogens with zero attached hydrogens (tertiary/aromatic N) is 2. The first-order valence-electron chi connectivity index (χ1n) is 11.2. The highest BCUT2D eigenvalue weighted by atomic mass is 35.5. The van der Waals surface area contributed by atoms with Crippen LogP contribution >= 0.6 is 11.6 Å². The van der Waals surface area contributed by atoms with Gasteiger partial charge in [-0.3, -0.25) is 18.8 Å². The largest absolute Gasteiger partial charge is 0.325 e. The minimum atomic E-state index is -4.12. The molecule has 0 unspecified atom stereocenters. The zero-order valence-corrected chi connectivity index (χ0v) is 22.5. The molecule has 0 bridgehead atoms. The summed E-state index contributed by atoms with van der Waals surface area (Å²) in [6, 6.07) is 21.2. The lowest BCUT2D eigenvalue weighted by Gasteiger charge is -2.26. The first-order chi connectivity index (χ1) is 18.1. The number of hydrogen-bond acceptors (Lipinski definition) is 6. The van der Waals surface area contributed by atoms with Crippen molar-refractivity contribution in [2.45, 2.75) is 16.7 Å². The van der Waals surface area contributed by atoms with Gasteiger partial charge in [0.15, 0.2) is 0 Å². The van der Waals surface area contributed by atoms with Gasteiger partial charge in [0.2, 0.25) is 5.91 Å².